The third kappa shape index (κ3) is 2.73. The fourth-order valence-electron chi connectivity index (χ4n) is 1.38. The normalized spacial score (nSPS) is 12.9. The van der Waals surface area contributed by atoms with Crippen LogP contribution in [0.15, 0.2) is 12.1 Å². The minimum Gasteiger partial charge on any atom is -0.396 e. The number of hydrogen-bond acceptors (Lipinski definition) is 2. The zero-order valence-electron chi connectivity index (χ0n) is 8.76. The van der Waals surface area contributed by atoms with E-state index in [-0.39, 0.29) is 18.8 Å². The molecule has 0 aliphatic heterocycles. The van der Waals surface area contributed by atoms with Gasteiger partial charge in [-0.15, -0.1) is 0 Å². The van der Waals surface area contributed by atoms with Crippen molar-refractivity contribution in [2.75, 3.05) is 13.7 Å². The molecule has 0 amide bonds. The lowest BCUT2D eigenvalue weighted by Crippen LogP contribution is -2.05. The summed E-state index contributed by atoms with van der Waals surface area (Å²) in [6.07, 6.45) is 0. The number of aliphatic hydroxyl groups is 1. The molecule has 15 heavy (non-hydrogen) atoms. The third-order valence-corrected chi connectivity index (χ3v) is 2.23. The Morgan fingerprint density at radius 1 is 1.40 bits per heavy atom. The summed E-state index contributed by atoms with van der Waals surface area (Å²) in [5.74, 6) is -2.22. The summed E-state index contributed by atoms with van der Waals surface area (Å²) in [4.78, 5) is 0. The molecule has 0 radical (unpaired) electrons. The molecule has 1 atom stereocenters. The van der Waals surface area contributed by atoms with Crippen LogP contribution in [0.25, 0.3) is 0 Å². The highest BCUT2D eigenvalue weighted by Crippen LogP contribution is 2.22. The van der Waals surface area contributed by atoms with Gasteiger partial charge in [0, 0.05) is 19.6 Å². The number of rotatable bonds is 4. The molecule has 1 N–H and O–H groups in total. The Hall–Kier alpha value is -1.00. The first kappa shape index (κ1) is 12.1. The van der Waals surface area contributed by atoms with Gasteiger partial charge in [0.05, 0.1) is 6.61 Å². The first-order valence-electron chi connectivity index (χ1n) is 4.67. The van der Waals surface area contributed by atoms with Crippen molar-refractivity contribution in [3.8, 4) is 0 Å². The topological polar surface area (TPSA) is 29.5 Å². The Kier molecular flexibility index (Phi) is 4.17. The molecule has 1 aromatic carbocycles. The van der Waals surface area contributed by atoms with Gasteiger partial charge in [-0.1, -0.05) is 13.0 Å². The number of ether oxygens (including phenoxy) is 1. The lowest BCUT2D eigenvalue weighted by molar-refractivity contribution is 0.184. The summed E-state index contributed by atoms with van der Waals surface area (Å²) in [6, 6.07) is 2.62. The zero-order chi connectivity index (χ0) is 11.4. The monoisotopic (exact) mass is 216 g/mol. The minimum absolute atomic E-state index is 0.185. The second-order valence-electron chi connectivity index (χ2n) is 3.50. The third-order valence-electron chi connectivity index (χ3n) is 2.23. The van der Waals surface area contributed by atoms with E-state index in [4.69, 9.17) is 9.84 Å². The summed E-state index contributed by atoms with van der Waals surface area (Å²) >= 11 is 0. The standard InChI is InChI=1S/C11H14F2O2/c1-7(5-14)9-3-8(6-15-2)4-10(12)11(9)13/h3-4,7,14H,5-6H2,1-2H3. The van der Waals surface area contributed by atoms with E-state index in [1.807, 2.05) is 0 Å². The van der Waals surface area contributed by atoms with Crippen LogP contribution in [0.4, 0.5) is 8.78 Å². The predicted octanol–water partition coefficient (Wildman–Crippen LogP) is 2.21. The molecular formula is C11H14F2O2. The molecule has 0 fully saturated rings. The molecule has 4 heteroatoms. The first-order valence-corrected chi connectivity index (χ1v) is 4.67. The molecule has 0 spiro atoms. The molecule has 0 aliphatic carbocycles. The number of benzene rings is 1. The lowest BCUT2D eigenvalue weighted by atomic mass is 9.99. The van der Waals surface area contributed by atoms with E-state index >= 15 is 0 Å². The fraction of sp³-hybridized carbons (Fsp3) is 0.455. The van der Waals surface area contributed by atoms with Crippen LogP contribution >= 0.6 is 0 Å². The average Bonchev–Trinajstić information content (AvgIpc) is 2.22. The molecule has 1 rings (SSSR count). The van der Waals surface area contributed by atoms with Crippen molar-refractivity contribution in [1.82, 2.24) is 0 Å². The summed E-state index contributed by atoms with van der Waals surface area (Å²) < 4.78 is 31.3. The highest BCUT2D eigenvalue weighted by atomic mass is 19.2. The molecule has 1 unspecified atom stereocenters. The molecular weight excluding hydrogens is 202 g/mol. The zero-order valence-corrected chi connectivity index (χ0v) is 8.76. The van der Waals surface area contributed by atoms with Crippen LogP contribution in [0, 0.1) is 11.6 Å². The molecule has 0 bridgehead atoms. The van der Waals surface area contributed by atoms with E-state index < -0.39 is 17.6 Å². The predicted molar refractivity (Wildman–Crippen MR) is 52.6 cm³/mol. The number of halogens is 2. The maximum atomic E-state index is 13.3. The largest absolute Gasteiger partial charge is 0.396 e. The van der Waals surface area contributed by atoms with E-state index in [0.29, 0.717) is 5.56 Å². The van der Waals surface area contributed by atoms with Gasteiger partial charge in [-0.3, -0.25) is 0 Å². The van der Waals surface area contributed by atoms with Crippen LogP contribution in [-0.2, 0) is 11.3 Å². The van der Waals surface area contributed by atoms with E-state index in [2.05, 4.69) is 0 Å². The molecule has 2 nitrogen and oxygen atoms in total. The molecule has 0 heterocycles. The van der Waals surface area contributed by atoms with Gasteiger partial charge in [0.2, 0.25) is 0 Å². The summed E-state index contributed by atoms with van der Waals surface area (Å²) in [7, 11) is 1.48. The van der Waals surface area contributed by atoms with E-state index in [1.165, 1.54) is 13.2 Å². The molecule has 0 saturated heterocycles. The Morgan fingerprint density at radius 2 is 2.07 bits per heavy atom. The lowest BCUT2D eigenvalue weighted by Gasteiger charge is -2.12. The maximum Gasteiger partial charge on any atom is 0.162 e. The molecule has 1 aromatic rings. The molecule has 84 valence electrons. The van der Waals surface area contributed by atoms with Gasteiger partial charge in [0.1, 0.15) is 0 Å². The SMILES string of the molecule is COCc1cc(F)c(F)c(C(C)CO)c1. The van der Waals surface area contributed by atoms with E-state index in [0.717, 1.165) is 6.07 Å². The van der Waals surface area contributed by atoms with Gasteiger partial charge in [-0.25, -0.2) is 8.78 Å². The summed E-state index contributed by atoms with van der Waals surface area (Å²) in [5.41, 5.74) is 0.747. The van der Waals surface area contributed by atoms with Crippen LogP contribution < -0.4 is 0 Å². The van der Waals surface area contributed by atoms with Gasteiger partial charge in [-0.05, 0) is 17.2 Å². The van der Waals surface area contributed by atoms with Crippen molar-refractivity contribution in [3.63, 3.8) is 0 Å². The highest BCUT2D eigenvalue weighted by Gasteiger charge is 2.15. The van der Waals surface area contributed by atoms with Gasteiger partial charge >= 0.3 is 0 Å². The number of aliphatic hydroxyl groups excluding tert-OH is 1. The van der Waals surface area contributed by atoms with Gasteiger partial charge < -0.3 is 9.84 Å². The van der Waals surface area contributed by atoms with Crippen molar-refractivity contribution in [2.45, 2.75) is 19.4 Å². The molecule has 0 aromatic heterocycles. The first-order chi connectivity index (χ1) is 7.10. The quantitative estimate of drug-likeness (QED) is 0.836. The van der Waals surface area contributed by atoms with Crippen molar-refractivity contribution >= 4 is 0 Å². The fourth-order valence-corrected chi connectivity index (χ4v) is 1.38. The van der Waals surface area contributed by atoms with Crippen LogP contribution in [0.2, 0.25) is 0 Å². The van der Waals surface area contributed by atoms with Crippen molar-refractivity contribution in [2.24, 2.45) is 0 Å². The van der Waals surface area contributed by atoms with E-state index in [1.54, 1.807) is 6.92 Å². The second-order valence-corrected chi connectivity index (χ2v) is 3.50. The maximum absolute atomic E-state index is 13.3. The van der Waals surface area contributed by atoms with Gasteiger partial charge in [0.15, 0.2) is 11.6 Å². The van der Waals surface area contributed by atoms with Crippen LogP contribution in [-0.4, -0.2) is 18.8 Å². The second kappa shape index (κ2) is 5.19. The average molecular weight is 216 g/mol. The Balaban J connectivity index is 3.12. The Labute approximate surface area is 87.5 Å². The molecule has 0 aliphatic rings. The Morgan fingerprint density at radius 3 is 2.60 bits per heavy atom. The molecule has 0 saturated carbocycles. The van der Waals surface area contributed by atoms with Crippen molar-refractivity contribution < 1.29 is 18.6 Å². The Bertz CT molecular complexity index is 340. The van der Waals surface area contributed by atoms with Crippen molar-refractivity contribution in [3.05, 3.63) is 34.9 Å². The smallest absolute Gasteiger partial charge is 0.162 e. The number of methoxy groups -OCH3 is 1. The summed E-state index contributed by atoms with van der Waals surface area (Å²) in [5, 5.41) is 8.90. The van der Waals surface area contributed by atoms with E-state index in [9.17, 15) is 8.78 Å². The summed E-state index contributed by atoms with van der Waals surface area (Å²) in [6.45, 7) is 1.64. The van der Waals surface area contributed by atoms with Gasteiger partial charge in [-0.2, -0.15) is 0 Å². The highest BCUT2D eigenvalue weighted by molar-refractivity contribution is 5.28. The number of hydrogen-bond donors (Lipinski definition) is 1. The van der Waals surface area contributed by atoms with Crippen LogP contribution in [0.5, 0.6) is 0 Å². The minimum atomic E-state index is -0.903. The van der Waals surface area contributed by atoms with Crippen LogP contribution in [0.3, 0.4) is 0 Å². The van der Waals surface area contributed by atoms with Gasteiger partial charge in [0.25, 0.3) is 0 Å². The van der Waals surface area contributed by atoms with Crippen LogP contribution in [0.1, 0.15) is 24.0 Å². The van der Waals surface area contributed by atoms with Crippen molar-refractivity contribution in [1.29, 1.82) is 0 Å².